The monoisotopic (exact) mass is 332 g/mol. The van der Waals surface area contributed by atoms with Crippen LogP contribution in [0.4, 0.5) is 0 Å². The number of methoxy groups -OCH3 is 2. The van der Waals surface area contributed by atoms with E-state index >= 15 is 0 Å². The highest BCUT2D eigenvalue weighted by Crippen LogP contribution is 2.26. The second-order valence-electron chi connectivity index (χ2n) is 5.23. The van der Waals surface area contributed by atoms with Gasteiger partial charge in [-0.3, -0.25) is 9.59 Å². The Bertz CT molecular complexity index is 685. The van der Waals surface area contributed by atoms with Crippen LogP contribution in [0.1, 0.15) is 25.3 Å². The Morgan fingerprint density at radius 3 is 2.75 bits per heavy atom. The van der Waals surface area contributed by atoms with E-state index in [0.717, 1.165) is 5.56 Å². The largest absolute Gasteiger partial charge is 0.493 e. The Morgan fingerprint density at radius 2 is 2.12 bits per heavy atom. The smallest absolute Gasteiger partial charge is 0.248 e. The summed E-state index contributed by atoms with van der Waals surface area (Å²) in [6.45, 7) is 1.76. The van der Waals surface area contributed by atoms with E-state index in [2.05, 4.69) is 21.1 Å². The van der Waals surface area contributed by atoms with Gasteiger partial charge in [0.15, 0.2) is 11.5 Å². The van der Waals surface area contributed by atoms with Crippen LogP contribution < -0.4 is 20.3 Å². The molecule has 1 heterocycles. The van der Waals surface area contributed by atoms with Crippen LogP contribution >= 0.6 is 0 Å². The molecule has 0 unspecified atom stereocenters. The molecule has 0 radical (unpaired) electrons. The van der Waals surface area contributed by atoms with Crippen molar-refractivity contribution in [3.63, 3.8) is 0 Å². The highest BCUT2D eigenvalue weighted by molar-refractivity contribution is 6.07. The molecule has 1 atom stereocenters. The summed E-state index contributed by atoms with van der Waals surface area (Å²) in [5.74, 6) is 0.416. The minimum Gasteiger partial charge on any atom is -0.493 e. The van der Waals surface area contributed by atoms with Crippen LogP contribution in [-0.4, -0.2) is 38.0 Å². The van der Waals surface area contributed by atoms with Gasteiger partial charge in [0, 0.05) is 12.1 Å². The molecule has 1 aromatic rings. The van der Waals surface area contributed by atoms with Gasteiger partial charge in [-0.15, -0.1) is 0 Å². The Morgan fingerprint density at radius 1 is 1.38 bits per heavy atom. The Labute approximate surface area is 139 Å². The molecule has 2 rings (SSSR count). The first-order valence-corrected chi connectivity index (χ1v) is 7.43. The molecule has 1 aromatic carbocycles. The Kier molecular flexibility index (Phi) is 5.89. The lowest BCUT2D eigenvalue weighted by molar-refractivity contribution is -0.123. The average Bonchev–Trinajstić information content (AvgIpc) is 2.91. The number of ether oxygens (including phenoxy) is 2. The van der Waals surface area contributed by atoms with E-state index in [9.17, 15) is 9.59 Å². The maximum atomic E-state index is 11.8. The third-order valence-electron chi connectivity index (χ3n) is 3.63. The Hall–Kier alpha value is -2.90. The molecular formula is C16H20N4O4. The fraction of sp³-hybridized carbons (Fsp3) is 0.375. The van der Waals surface area contributed by atoms with Gasteiger partial charge in [-0.1, -0.05) is 0 Å². The first kappa shape index (κ1) is 17.5. The Balaban J connectivity index is 1.84. The fourth-order valence-electron chi connectivity index (χ4n) is 2.27. The fourth-order valence-corrected chi connectivity index (χ4v) is 2.27. The molecule has 0 fully saturated rings. The number of hydrogen-bond acceptors (Lipinski definition) is 6. The molecule has 2 N–H and O–H groups in total. The predicted molar refractivity (Wildman–Crippen MR) is 89.3 cm³/mol. The normalized spacial score (nSPS) is 16.7. The molecule has 1 aliphatic heterocycles. The standard InChI is InChI=1S/C16H20N4O4/c1-10-12(16(22)20-18-10)5-7-15(21)19-17-9-11-4-6-13(23-2)14(8-11)24-3/h4,6,8-9,12H,5,7H2,1-3H3,(H,19,21)(H,20,22)/b17-9-/t12-/m1/s1. The van der Waals surface area contributed by atoms with Gasteiger partial charge in [-0.2, -0.15) is 10.2 Å². The van der Waals surface area contributed by atoms with E-state index in [-0.39, 0.29) is 24.2 Å². The van der Waals surface area contributed by atoms with Crippen molar-refractivity contribution < 1.29 is 19.1 Å². The molecule has 8 heteroatoms. The molecule has 0 bridgehead atoms. The topological polar surface area (TPSA) is 101 Å². The number of amides is 2. The summed E-state index contributed by atoms with van der Waals surface area (Å²) in [6, 6.07) is 5.29. The summed E-state index contributed by atoms with van der Waals surface area (Å²) in [7, 11) is 3.11. The first-order valence-electron chi connectivity index (χ1n) is 7.43. The minimum absolute atomic E-state index is 0.172. The summed E-state index contributed by atoms with van der Waals surface area (Å²) in [4.78, 5) is 23.3. The number of hydrogen-bond donors (Lipinski definition) is 2. The average molecular weight is 332 g/mol. The molecule has 0 aliphatic carbocycles. The van der Waals surface area contributed by atoms with Gasteiger partial charge in [0.2, 0.25) is 11.8 Å². The number of rotatable bonds is 7. The molecule has 8 nitrogen and oxygen atoms in total. The minimum atomic E-state index is -0.342. The van der Waals surface area contributed by atoms with Gasteiger partial charge in [-0.05, 0) is 37.1 Å². The third kappa shape index (κ3) is 4.31. The van der Waals surface area contributed by atoms with Crippen molar-refractivity contribution in [2.75, 3.05) is 14.2 Å². The van der Waals surface area contributed by atoms with E-state index in [4.69, 9.17) is 9.47 Å². The van der Waals surface area contributed by atoms with E-state index in [0.29, 0.717) is 23.6 Å². The molecular weight excluding hydrogens is 312 g/mol. The maximum Gasteiger partial charge on any atom is 0.248 e. The number of benzene rings is 1. The highest BCUT2D eigenvalue weighted by Gasteiger charge is 2.26. The summed E-state index contributed by atoms with van der Waals surface area (Å²) in [6.07, 6.45) is 2.10. The molecule has 0 spiro atoms. The van der Waals surface area contributed by atoms with Crippen LogP contribution in [-0.2, 0) is 9.59 Å². The van der Waals surface area contributed by atoms with Crippen molar-refractivity contribution >= 4 is 23.7 Å². The second kappa shape index (κ2) is 8.09. The van der Waals surface area contributed by atoms with Gasteiger partial charge in [-0.25, -0.2) is 10.9 Å². The number of nitrogens with zero attached hydrogens (tertiary/aromatic N) is 2. The van der Waals surface area contributed by atoms with Gasteiger partial charge >= 0.3 is 0 Å². The van der Waals surface area contributed by atoms with E-state index in [1.54, 1.807) is 39.3 Å². The molecule has 0 aromatic heterocycles. The quantitative estimate of drug-likeness (QED) is 0.576. The number of carbonyl (C=O) groups excluding carboxylic acids is 2. The van der Waals surface area contributed by atoms with Gasteiger partial charge in [0.1, 0.15) is 0 Å². The second-order valence-corrected chi connectivity index (χ2v) is 5.23. The van der Waals surface area contributed by atoms with Crippen molar-refractivity contribution in [2.45, 2.75) is 19.8 Å². The third-order valence-corrected chi connectivity index (χ3v) is 3.63. The lowest BCUT2D eigenvalue weighted by Gasteiger charge is -2.07. The number of carbonyl (C=O) groups is 2. The van der Waals surface area contributed by atoms with Crippen molar-refractivity contribution in [1.29, 1.82) is 0 Å². The summed E-state index contributed by atoms with van der Waals surface area (Å²) in [5.41, 5.74) is 6.28. The van der Waals surface area contributed by atoms with Gasteiger partial charge < -0.3 is 9.47 Å². The van der Waals surface area contributed by atoms with Crippen LogP contribution in [0.15, 0.2) is 28.4 Å². The SMILES string of the molecule is COc1ccc(/C=N\NC(=O)CC[C@H]2C(=O)NN=C2C)cc1OC. The maximum absolute atomic E-state index is 11.8. The lowest BCUT2D eigenvalue weighted by Crippen LogP contribution is -2.25. The van der Waals surface area contributed by atoms with Crippen molar-refractivity contribution in [1.82, 2.24) is 10.9 Å². The lowest BCUT2D eigenvalue weighted by atomic mass is 9.99. The molecule has 1 aliphatic rings. The first-order chi connectivity index (χ1) is 11.5. The summed E-state index contributed by atoms with van der Waals surface area (Å²) < 4.78 is 10.3. The van der Waals surface area contributed by atoms with Crippen LogP contribution in [0.2, 0.25) is 0 Å². The molecule has 2 amide bonds. The molecule has 0 saturated heterocycles. The van der Waals surface area contributed by atoms with Crippen LogP contribution in [0, 0.1) is 5.92 Å². The number of nitrogens with one attached hydrogen (secondary N) is 2. The van der Waals surface area contributed by atoms with Crippen LogP contribution in [0.5, 0.6) is 11.5 Å². The van der Waals surface area contributed by atoms with Crippen LogP contribution in [0.3, 0.4) is 0 Å². The molecule has 0 saturated carbocycles. The van der Waals surface area contributed by atoms with E-state index in [1.807, 2.05) is 0 Å². The zero-order valence-electron chi connectivity index (χ0n) is 13.8. The van der Waals surface area contributed by atoms with Crippen LogP contribution in [0.25, 0.3) is 0 Å². The van der Waals surface area contributed by atoms with Crippen molar-refractivity contribution in [3.05, 3.63) is 23.8 Å². The highest BCUT2D eigenvalue weighted by atomic mass is 16.5. The van der Waals surface area contributed by atoms with Crippen molar-refractivity contribution in [2.24, 2.45) is 16.1 Å². The number of hydrazone groups is 2. The van der Waals surface area contributed by atoms with Gasteiger partial charge in [0.05, 0.1) is 26.4 Å². The zero-order valence-corrected chi connectivity index (χ0v) is 13.8. The molecule has 24 heavy (non-hydrogen) atoms. The predicted octanol–water partition coefficient (Wildman–Crippen LogP) is 1.06. The van der Waals surface area contributed by atoms with Crippen molar-refractivity contribution in [3.8, 4) is 11.5 Å². The molecule has 128 valence electrons. The summed E-state index contributed by atoms with van der Waals surface area (Å²) in [5, 5.41) is 7.75. The van der Waals surface area contributed by atoms with E-state index < -0.39 is 0 Å². The van der Waals surface area contributed by atoms with E-state index in [1.165, 1.54) is 6.21 Å². The summed E-state index contributed by atoms with van der Waals surface area (Å²) >= 11 is 0. The van der Waals surface area contributed by atoms with Gasteiger partial charge in [0.25, 0.3) is 0 Å². The zero-order chi connectivity index (χ0) is 17.5.